The lowest BCUT2D eigenvalue weighted by Gasteiger charge is -2.30. The number of carbonyl (C=O) groups is 1. The third-order valence-corrected chi connectivity index (χ3v) is 6.17. The zero-order valence-corrected chi connectivity index (χ0v) is 16.7. The minimum atomic E-state index is 0.0827. The van der Waals surface area contributed by atoms with Gasteiger partial charge in [0, 0.05) is 68.9 Å². The van der Waals surface area contributed by atoms with Crippen LogP contribution >= 0.6 is 0 Å². The monoisotopic (exact) mass is 400 g/mol. The molecule has 0 radical (unpaired) electrons. The Morgan fingerprint density at radius 1 is 0.933 bits per heavy atom. The number of aryl methyl sites for hydroxylation is 1. The van der Waals surface area contributed by atoms with Crippen LogP contribution in [0.1, 0.15) is 23.7 Å². The Balaban J connectivity index is 1.36. The third-order valence-electron chi connectivity index (χ3n) is 6.17. The fourth-order valence-corrected chi connectivity index (χ4v) is 4.83. The maximum atomic E-state index is 13.2. The second kappa shape index (κ2) is 8.18. The predicted octanol–water partition coefficient (Wildman–Crippen LogP) is 2.54. The molecule has 2 saturated heterocycles. The largest absolute Gasteiger partial charge is 0.340 e. The van der Waals surface area contributed by atoms with Crippen molar-refractivity contribution in [2.24, 2.45) is 11.8 Å². The van der Waals surface area contributed by atoms with Crippen LogP contribution in [0.3, 0.4) is 0 Å². The van der Waals surface area contributed by atoms with Gasteiger partial charge in [-0.05, 0) is 18.1 Å². The van der Waals surface area contributed by atoms with Crippen molar-refractivity contribution in [2.75, 3.05) is 24.5 Å². The number of nitrogens with zero attached hydrogens (tertiary/aromatic N) is 6. The molecule has 0 N–H and O–H groups in total. The zero-order valence-electron chi connectivity index (χ0n) is 16.7. The van der Waals surface area contributed by atoms with Gasteiger partial charge in [0.15, 0.2) is 0 Å². The van der Waals surface area contributed by atoms with Gasteiger partial charge in [-0.3, -0.25) is 14.8 Å². The molecule has 0 bridgehead atoms. The molecule has 0 aliphatic carbocycles. The van der Waals surface area contributed by atoms with Crippen LogP contribution in [0.5, 0.6) is 0 Å². The highest BCUT2D eigenvalue weighted by atomic mass is 16.2. The van der Waals surface area contributed by atoms with E-state index in [-0.39, 0.29) is 11.9 Å². The summed E-state index contributed by atoms with van der Waals surface area (Å²) in [6.45, 7) is 2.51. The minimum absolute atomic E-state index is 0.0827. The first-order valence-electron chi connectivity index (χ1n) is 10.4. The molecule has 1 amide bonds. The molecule has 30 heavy (non-hydrogen) atoms. The standard InChI is InChI=1S/C23H24N6O/c30-21(8-7-19-13-24-11-12-25-19)29-15-18-14-28(23-26-9-4-10-27-23)16-20(18)22(29)17-5-2-1-3-6-17/h1-6,9-13,18,20,22H,7-8,14-16H2/t18-,20-,22+/m0/s1. The van der Waals surface area contributed by atoms with Gasteiger partial charge in [-0.15, -0.1) is 0 Å². The van der Waals surface area contributed by atoms with Crippen LogP contribution < -0.4 is 4.90 Å². The molecule has 4 heterocycles. The minimum Gasteiger partial charge on any atom is -0.340 e. The molecule has 2 aliphatic rings. The fourth-order valence-electron chi connectivity index (χ4n) is 4.83. The molecule has 7 nitrogen and oxygen atoms in total. The van der Waals surface area contributed by atoms with Gasteiger partial charge < -0.3 is 9.80 Å². The summed E-state index contributed by atoms with van der Waals surface area (Å²) in [6.07, 6.45) is 9.70. The molecule has 2 aliphatic heterocycles. The van der Waals surface area contributed by atoms with Gasteiger partial charge >= 0.3 is 0 Å². The maximum Gasteiger partial charge on any atom is 0.225 e. The van der Waals surface area contributed by atoms with Gasteiger partial charge in [-0.2, -0.15) is 0 Å². The quantitative estimate of drug-likeness (QED) is 0.655. The number of rotatable bonds is 5. The molecule has 5 rings (SSSR count). The Labute approximate surface area is 175 Å². The summed E-state index contributed by atoms with van der Waals surface area (Å²) in [7, 11) is 0. The number of fused-ring (bicyclic) bond motifs is 1. The zero-order chi connectivity index (χ0) is 20.3. The Bertz CT molecular complexity index is 984. The molecule has 0 unspecified atom stereocenters. The summed E-state index contributed by atoms with van der Waals surface area (Å²) in [5.41, 5.74) is 2.06. The number of benzene rings is 1. The Kier molecular flexibility index (Phi) is 5.09. The van der Waals surface area contributed by atoms with Gasteiger partial charge in [0.1, 0.15) is 0 Å². The van der Waals surface area contributed by atoms with Crippen LogP contribution in [0.15, 0.2) is 67.4 Å². The third kappa shape index (κ3) is 3.63. The van der Waals surface area contributed by atoms with E-state index in [0.717, 1.165) is 31.3 Å². The Morgan fingerprint density at radius 3 is 2.53 bits per heavy atom. The van der Waals surface area contributed by atoms with Crippen LogP contribution in [0.25, 0.3) is 0 Å². The highest BCUT2D eigenvalue weighted by Gasteiger charge is 2.49. The lowest BCUT2D eigenvalue weighted by molar-refractivity contribution is -0.132. The van der Waals surface area contributed by atoms with Crippen molar-refractivity contribution in [2.45, 2.75) is 18.9 Å². The highest BCUT2D eigenvalue weighted by Crippen LogP contribution is 2.45. The lowest BCUT2D eigenvalue weighted by Crippen LogP contribution is -2.36. The second-order valence-corrected chi connectivity index (χ2v) is 7.98. The first-order valence-corrected chi connectivity index (χ1v) is 10.4. The topological polar surface area (TPSA) is 75.1 Å². The van der Waals surface area contributed by atoms with Crippen LogP contribution in [0.4, 0.5) is 5.95 Å². The average Bonchev–Trinajstić information content (AvgIpc) is 3.38. The number of hydrogen-bond donors (Lipinski definition) is 0. The summed E-state index contributed by atoms with van der Waals surface area (Å²) >= 11 is 0. The molecular formula is C23H24N6O. The van der Waals surface area contributed by atoms with Crippen molar-refractivity contribution in [3.63, 3.8) is 0 Å². The summed E-state index contributed by atoms with van der Waals surface area (Å²) < 4.78 is 0. The predicted molar refractivity (Wildman–Crippen MR) is 112 cm³/mol. The van der Waals surface area contributed by atoms with Crippen molar-refractivity contribution in [1.82, 2.24) is 24.8 Å². The van der Waals surface area contributed by atoms with E-state index in [2.05, 4.69) is 54.0 Å². The van der Waals surface area contributed by atoms with Crippen molar-refractivity contribution in [3.05, 3.63) is 78.6 Å². The molecule has 2 fully saturated rings. The van der Waals surface area contributed by atoms with E-state index in [1.54, 1.807) is 31.0 Å². The van der Waals surface area contributed by atoms with Crippen molar-refractivity contribution >= 4 is 11.9 Å². The lowest BCUT2D eigenvalue weighted by atomic mass is 9.89. The van der Waals surface area contributed by atoms with Gasteiger partial charge in [0.25, 0.3) is 0 Å². The summed E-state index contributed by atoms with van der Waals surface area (Å²) in [4.78, 5) is 34.8. The van der Waals surface area contributed by atoms with Crippen molar-refractivity contribution in [1.29, 1.82) is 0 Å². The smallest absolute Gasteiger partial charge is 0.225 e. The van der Waals surface area contributed by atoms with Crippen LogP contribution in [0.2, 0.25) is 0 Å². The molecule has 0 saturated carbocycles. The Morgan fingerprint density at radius 2 is 1.77 bits per heavy atom. The molecule has 3 atom stereocenters. The maximum absolute atomic E-state index is 13.2. The van der Waals surface area contributed by atoms with E-state index >= 15 is 0 Å². The van der Waals surface area contributed by atoms with E-state index in [1.807, 2.05) is 12.1 Å². The van der Waals surface area contributed by atoms with Gasteiger partial charge in [-0.25, -0.2) is 9.97 Å². The molecule has 152 valence electrons. The van der Waals surface area contributed by atoms with E-state index < -0.39 is 0 Å². The number of anilines is 1. The molecule has 7 heteroatoms. The highest BCUT2D eigenvalue weighted by molar-refractivity contribution is 5.77. The molecule has 2 aromatic heterocycles. The number of aromatic nitrogens is 4. The number of likely N-dealkylation sites (tertiary alicyclic amines) is 1. The van der Waals surface area contributed by atoms with Crippen LogP contribution in [0, 0.1) is 11.8 Å². The normalized spacial score (nSPS) is 22.9. The van der Waals surface area contributed by atoms with Crippen LogP contribution in [-0.4, -0.2) is 50.4 Å². The first-order chi connectivity index (χ1) is 14.8. The number of amides is 1. The van der Waals surface area contributed by atoms with Gasteiger partial charge in [0.2, 0.25) is 11.9 Å². The van der Waals surface area contributed by atoms with Gasteiger partial charge in [-0.1, -0.05) is 30.3 Å². The van der Waals surface area contributed by atoms with E-state index in [1.165, 1.54) is 5.56 Å². The number of carbonyl (C=O) groups excluding carboxylic acids is 1. The molecule has 1 aromatic carbocycles. The average molecular weight is 400 g/mol. The van der Waals surface area contributed by atoms with Crippen molar-refractivity contribution < 1.29 is 4.79 Å². The van der Waals surface area contributed by atoms with Crippen molar-refractivity contribution in [3.8, 4) is 0 Å². The SMILES string of the molecule is O=C(CCc1cnccn1)N1C[C@@H]2CN(c3ncccn3)C[C@@H]2[C@H]1c1ccccc1. The molecule has 3 aromatic rings. The van der Waals surface area contributed by atoms with E-state index in [9.17, 15) is 4.79 Å². The number of hydrogen-bond acceptors (Lipinski definition) is 6. The van der Waals surface area contributed by atoms with E-state index in [4.69, 9.17) is 0 Å². The molecular weight excluding hydrogens is 376 g/mol. The fraction of sp³-hybridized carbons (Fsp3) is 0.348. The first kappa shape index (κ1) is 18.7. The summed E-state index contributed by atoms with van der Waals surface area (Å²) in [6, 6.07) is 12.3. The summed E-state index contributed by atoms with van der Waals surface area (Å²) in [5, 5.41) is 0. The Hall–Kier alpha value is -3.35. The second-order valence-electron chi connectivity index (χ2n) is 7.98. The van der Waals surface area contributed by atoms with Crippen LogP contribution in [-0.2, 0) is 11.2 Å². The summed E-state index contributed by atoms with van der Waals surface area (Å²) in [5.74, 6) is 1.75. The molecule has 0 spiro atoms. The van der Waals surface area contributed by atoms with E-state index in [0.29, 0.717) is 24.7 Å². The van der Waals surface area contributed by atoms with Gasteiger partial charge in [0.05, 0.1) is 11.7 Å².